The Morgan fingerprint density at radius 2 is 0.740 bits per heavy atom. The molecule has 0 aliphatic carbocycles. The Morgan fingerprint density at radius 1 is 0.360 bits per heavy atom. The van der Waals surface area contributed by atoms with Crippen LogP contribution in [-0.4, -0.2) is 40.9 Å². The van der Waals surface area contributed by atoms with Gasteiger partial charge in [0.05, 0.1) is 11.1 Å². The minimum atomic E-state index is -0.856. The van der Waals surface area contributed by atoms with Gasteiger partial charge in [0.1, 0.15) is 23.0 Å². The third kappa shape index (κ3) is 4.66. The maximum Gasteiger partial charge on any atom is 0.220 e. The first-order valence-corrected chi connectivity index (χ1v) is 14.6. The van der Waals surface area contributed by atoms with Gasteiger partial charge in [-0.15, -0.1) is 0 Å². The first-order chi connectivity index (χ1) is 24.1. The van der Waals surface area contributed by atoms with Gasteiger partial charge in [-0.1, -0.05) is 36.4 Å². The summed E-state index contributed by atoms with van der Waals surface area (Å²) in [6.07, 6.45) is 0. The topological polar surface area (TPSA) is 217 Å². The summed E-state index contributed by atoms with van der Waals surface area (Å²) in [7, 11) is 0. The lowest BCUT2D eigenvalue weighted by Gasteiger charge is -2.27. The smallest absolute Gasteiger partial charge is 0.220 e. The van der Waals surface area contributed by atoms with Crippen molar-refractivity contribution in [3.05, 3.63) is 84.9 Å². The molecule has 8 rings (SSSR count). The van der Waals surface area contributed by atoms with Gasteiger partial charge in [0.2, 0.25) is 46.0 Å². The molecule has 0 saturated carbocycles. The normalized spacial score (nSPS) is 12.1. The van der Waals surface area contributed by atoms with Crippen LogP contribution in [0.5, 0.6) is 115 Å². The molecule has 0 unspecified atom stereocenters. The van der Waals surface area contributed by atoms with E-state index in [1.807, 2.05) is 0 Å². The number of para-hydroxylation sites is 2. The Hall–Kier alpha value is -7.48. The van der Waals surface area contributed by atoms with Crippen molar-refractivity contribution in [3.8, 4) is 126 Å². The van der Waals surface area contributed by atoms with E-state index in [4.69, 9.17) is 28.4 Å². The van der Waals surface area contributed by atoms with Crippen LogP contribution in [0.1, 0.15) is 0 Å². The van der Waals surface area contributed by atoms with Crippen molar-refractivity contribution in [3.63, 3.8) is 0 Å². The molecule has 2 heterocycles. The molecule has 0 fully saturated rings. The second-order valence-corrected chi connectivity index (χ2v) is 10.9. The van der Waals surface area contributed by atoms with Gasteiger partial charge in [-0.05, 0) is 24.3 Å². The molecule has 250 valence electrons. The van der Waals surface area contributed by atoms with E-state index in [1.165, 1.54) is 0 Å². The maximum atomic E-state index is 11.5. The predicted octanol–water partition coefficient (Wildman–Crippen LogP) is 8.38. The van der Waals surface area contributed by atoms with Gasteiger partial charge in [0, 0.05) is 24.3 Å². The van der Waals surface area contributed by atoms with E-state index in [2.05, 4.69) is 0 Å². The van der Waals surface area contributed by atoms with E-state index < -0.39 is 68.6 Å². The lowest BCUT2D eigenvalue weighted by molar-refractivity contribution is 0.298. The molecule has 0 radical (unpaired) electrons. The van der Waals surface area contributed by atoms with Crippen LogP contribution < -0.4 is 28.4 Å². The predicted molar refractivity (Wildman–Crippen MR) is 171 cm³/mol. The van der Waals surface area contributed by atoms with Gasteiger partial charge in [0.25, 0.3) is 0 Å². The third-order valence-corrected chi connectivity index (χ3v) is 7.71. The van der Waals surface area contributed by atoms with E-state index in [-0.39, 0.29) is 57.5 Å². The first-order valence-electron chi connectivity index (χ1n) is 14.6. The summed E-state index contributed by atoms with van der Waals surface area (Å²) in [4.78, 5) is 0. The summed E-state index contributed by atoms with van der Waals surface area (Å²) in [6, 6.07) is 20.5. The lowest BCUT2D eigenvalue weighted by atomic mass is 9.98. The van der Waals surface area contributed by atoms with E-state index in [9.17, 15) is 40.9 Å². The monoisotopic (exact) mass is 678 g/mol. The molecule has 6 aromatic carbocycles. The van der Waals surface area contributed by atoms with Crippen LogP contribution in [0, 0.1) is 0 Å². The van der Waals surface area contributed by atoms with Gasteiger partial charge in [-0.3, -0.25) is 0 Å². The van der Waals surface area contributed by atoms with Crippen LogP contribution in [0.4, 0.5) is 0 Å². The number of ether oxygens (including phenoxy) is 6. The summed E-state index contributed by atoms with van der Waals surface area (Å²) in [5, 5.41) is 87.5. The number of phenols is 8. The quantitative estimate of drug-likeness (QED) is 0.0858. The zero-order valence-corrected chi connectivity index (χ0v) is 25.1. The average Bonchev–Trinajstić information content (AvgIpc) is 3.10. The molecular formula is C36H22O14. The highest BCUT2D eigenvalue weighted by Crippen LogP contribution is 2.66. The molecule has 2 aliphatic rings. The average molecular weight is 679 g/mol. The zero-order chi connectivity index (χ0) is 34.8. The number of aromatic hydroxyl groups is 8. The highest BCUT2D eigenvalue weighted by Gasteiger charge is 2.37. The molecule has 50 heavy (non-hydrogen) atoms. The second-order valence-electron chi connectivity index (χ2n) is 10.9. The van der Waals surface area contributed by atoms with Crippen molar-refractivity contribution in [2.45, 2.75) is 0 Å². The van der Waals surface area contributed by atoms with Crippen LogP contribution in [0.25, 0.3) is 11.1 Å². The molecule has 6 aromatic rings. The molecule has 8 N–H and O–H groups in total. The van der Waals surface area contributed by atoms with Crippen molar-refractivity contribution < 1.29 is 69.3 Å². The summed E-state index contributed by atoms with van der Waals surface area (Å²) in [5.41, 5.74) is -1.12. The van der Waals surface area contributed by atoms with Crippen molar-refractivity contribution >= 4 is 0 Å². The van der Waals surface area contributed by atoms with Crippen molar-refractivity contribution in [1.29, 1.82) is 0 Å². The number of benzene rings is 6. The third-order valence-electron chi connectivity index (χ3n) is 7.71. The van der Waals surface area contributed by atoms with Gasteiger partial charge in [-0.2, -0.15) is 0 Å². The van der Waals surface area contributed by atoms with Gasteiger partial charge >= 0.3 is 0 Å². The Morgan fingerprint density at radius 3 is 1.12 bits per heavy atom. The van der Waals surface area contributed by atoms with Gasteiger partial charge in [-0.25, -0.2) is 0 Å². The molecule has 0 aromatic heterocycles. The highest BCUT2D eigenvalue weighted by molar-refractivity contribution is 5.92. The molecule has 14 heteroatoms. The Balaban J connectivity index is 1.23. The second kappa shape index (κ2) is 11.1. The van der Waals surface area contributed by atoms with Crippen molar-refractivity contribution in [1.82, 2.24) is 0 Å². The maximum absolute atomic E-state index is 11.5. The van der Waals surface area contributed by atoms with Crippen molar-refractivity contribution in [2.24, 2.45) is 0 Å². The molecule has 14 nitrogen and oxygen atoms in total. The minimum absolute atomic E-state index is 0.285. The molecule has 0 amide bonds. The number of hydrogen-bond acceptors (Lipinski definition) is 14. The number of hydrogen-bond donors (Lipinski definition) is 8. The fourth-order valence-electron chi connectivity index (χ4n) is 5.48. The number of fused-ring (bicyclic) bond motifs is 4. The minimum Gasteiger partial charge on any atom is -0.507 e. The van der Waals surface area contributed by atoms with E-state index in [0.29, 0.717) is 0 Å². The van der Waals surface area contributed by atoms with Crippen molar-refractivity contribution in [2.75, 3.05) is 0 Å². The number of phenolic OH excluding ortho intramolecular Hbond substituents is 8. The fraction of sp³-hybridized carbons (Fsp3) is 0. The Labute approximate surface area is 280 Å². The van der Waals surface area contributed by atoms with Crippen LogP contribution >= 0.6 is 0 Å². The Kier molecular flexibility index (Phi) is 6.61. The van der Waals surface area contributed by atoms with E-state index in [0.717, 1.165) is 24.3 Å². The highest BCUT2D eigenvalue weighted by atomic mass is 16.6. The molecule has 0 saturated heterocycles. The van der Waals surface area contributed by atoms with Crippen LogP contribution in [-0.2, 0) is 0 Å². The summed E-state index contributed by atoms with van der Waals surface area (Å²) < 4.78 is 34.9. The van der Waals surface area contributed by atoms with E-state index in [1.54, 1.807) is 60.7 Å². The molecule has 0 spiro atoms. The zero-order valence-electron chi connectivity index (χ0n) is 25.1. The fourth-order valence-corrected chi connectivity index (χ4v) is 5.48. The van der Waals surface area contributed by atoms with E-state index >= 15 is 0 Å². The molecule has 0 atom stereocenters. The standard InChI is InChI=1S/C36H22O14/c37-17-13-23-33(49-35-29(45-15-7-3-1-4-8-15)19(39)11-21(41)31(35)47-23)27(43)25(17)26-18(38)14-24-34(28(26)44)50-36-30(46-16-9-5-2-6-10-16)20(40)12-22(42)32(36)48-24/h1-14,37-44H. The van der Waals surface area contributed by atoms with Gasteiger partial charge in [0.15, 0.2) is 46.0 Å². The summed E-state index contributed by atoms with van der Waals surface area (Å²) >= 11 is 0. The molecule has 2 aliphatic heterocycles. The van der Waals surface area contributed by atoms with Gasteiger partial charge < -0.3 is 69.3 Å². The first kappa shape index (κ1) is 29.9. The summed E-state index contributed by atoms with van der Waals surface area (Å²) in [5.74, 6) is -8.14. The SMILES string of the molecule is Oc1cc(O)c2c(c1Oc1ccccc1)Oc1c(cc(O)c(-c3c(O)cc4c(c3O)Oc3c(Oc5ccccc5)c(O)cc(O)c3O4)c1O)O2. The molecule has 0 bridgehead atoms. The van der Waals surface area contributed by atoms with Crippen LogP contribution in [0.2, 0.25) is 0 Å². The van der Waals surface area contributed by atoms with Crippen LogP contribution in [0.3, 0.4) is 0 Å². The Bertz CT molecular complexity index is 2190. The molecular weight excluding hydrogens is 656 g/mol. The lowest BCUT2D eigenvalue weighted by Crippen LogP contribution is -2.04. The summed E-state index contributed by atoms with van der Waals surface area (Å²) in [6.45, 7) is 0. The number of rotatable bonds is 5. The van der Waals surface area contributed by atoms with Crippen LogP contribution in [0.15, 0.2) is 84.9 Å². The largest absolute Gasteiger partial charge is 0.507 e.